The van der Waals surface area contributed by atoms with Crippen LogP contribution in [0.5, 0.6) is 11.8 Å². The number of nitrogens with zero attached hydrogens (tertiary/aromatic N) is 1. The average Bonchev–Trinajstić information content (AvgIpc) is 3.31. The molecular weight excluding hydrogens is 332 g/mol. The fraction of sp³-hybridized carbons (Fsp3) is 0.312. The smallest absolute Gasteiger partial charge is 0.240 e. The Morgan fingerprint density at radius 1 is 1.14 bits per heavy atom. The second-order valence-corrected chi connectivity index (χ2v) is 6.03. The van der Waals surface area contributed by atoms with E-state index < -0.39 is 0 Å². The maximum absolute atomic E-state index is 5.88. The van der Waals surface area contributed by atoms with E-state index in [9.17, 15) is 0 Å². The quantitative estimate of drug-likeness (QED) is 0.862. The van der Waals surface area contributed by atoms with E-state index in [0.717, 1.165) is 10.0 Å². The molecule has 0 spiro atoms. The molecule has 0 amide bonds. The molecule has 4 nitrogen and oxygen atoms in total. The molecule has 2 N–H and O–H groups in total. The fourth-order valence-electron chi connectivity index (χ4n) is 1.88. The molecule has 1 aromatic heterocycles. The first-order valence-electron chi connectivity index (χ1n) is 6.98. The number of anilines is 1. The van der Waals surface area contributed by atoms with Gasteiger partial charge in [0.15, 0.2) is 0 Å². The molecule has 0 aliphatic heterocycles. The van der Waals surface area contributed by atoms with Crippen LogP contribution in [0.2, 0.25) is 0 Å². The molecule has 5 heteroatoms. The second-order valence-electron chi connectivity index (χ2n) is 5.18. The van der Waals surface area contributed by atoms with Crippen molar-refractivity contribution >= 4 is 21.6 Å². The molecule has 21 heavy (non-hydrogen) atoms. The molecular formula is C16H17BrN2O2. The minimum Gasteiger partial charge on any atom is -0.476 e. The Bertz CT molecular complexity index is 629. The fourth-order valence-corrected chi connectivity index (χ4v) is 2.28. The number of aromatic nitrogens is 1. The summed E-state index contributed by atoms with van der Waals surface area (Å²) in [4.78, 5) is 4.33. The van der Waals surface area contributed by atoms with Gasteiger partial charge in [0.25, 0.3) is 0 Å². The maximum atomic E-state index is 5.88. The SMILES string of the molecule is Nc1ccc(OCc2ccccc2Br)nc1OCC1CC1. The van der Waals surface area contributed by atoms with Crippen LogP contribution in [-0.4, -0.2) is 11.6 Å². The van der Waals surface area contributed by atoms with Gasteiger partial charge < -0.3 is 15.2 Å². The minimum atomic E-state index is 0.445. The van der Waals surface area contributed by atoms with Crippen molar-refractivity contribution in [1.82, 2.24) is 4.98 Å². The summed E-state index contributed by atoms with van der Waals surface area (Å²) < 4.78 is 12.4. The minimum absolute atomic E-state index is 0.445. The van der Waals surface area contributed by atoms with Gasteiger partial charge in [0, 0.05) is 16.1 Å². The molecule has 1 aliphatic carbocycles. The summed E-state index contributed by atoms with van der Waals surface area (Å²) in [6.45, 7) is 1.13. The number of rotatable bonds is 6. The van der Waals surface area contributed by atoms with E-state index in [1.165, 1.54) is 12.8 Å². The van der Waals surface area contributed by atoms with Gasteiger partial charge in [0.2, 0.25) is 11.8 Å². The van der Waals surface area contributed by atoms with Crippen LogP contribution in [0.4, 0.5) is 5.69 Å². The third-order valence-corrected chi connectivity index (χ3v) is 4.12. The van der Waals surface area contributed by atoms with Gasteiger partial charge in [-0.2, -0.15) is 4.98 Å². The molecule has 0 radical (unpaired) electrons. The standard InChI is InChI=1S/C16H17BrN2O2/c17-13-4-2-1-3-12(13)10-20-15-8-7-14(18)16(19-15)21-9-11-5-6-11/h1-4,7-8,11H,5-6,9-10,18H2. The number of benzene rings is 1. The highest BCUT2D eigenvalue weighted by Gasteiger charge is 2.22. The van der Waals surface area contributed by atoms with E-state index in [1.54, 1.807) is 12.1 Å². The van der Waals surface area contributed by atoms with Crippen LogP contribution < -0.4 is 15.2 Å². The zero-order valence-corrected chi connectivity index (χ0v) is 13.2. The molecule has 1 saturated carbocycles. The predicted molar refractivity (Wildman–Crippen MR) is 85.3 cm³/mol. The lowest BCUT2D eigenvalue weighted by molar-refractivity contribution is 0.267. The van der Waals surface area contributed by atoms with Crippen molar-refractivity contribution in [2.24, 2.45) is 5.92 Å². The predicted octanol–water partition coefficient (Wildman–Crippen LogP) is 3.79. The van der Waals surface area contributed by atoms with E-state index in [4.69, 9.17) is 15.2 Å². The molecule has 0 atom stereocenters. The molecule has 0 unspecified atom stereocenters. The Morgan fingerprint density at radius 3 is 2.71 bits per heavy atom. The normalized spacial score (nSPS) is 14.0. The van der Waals surface area contributed by atoms with Crippen LogP contribution in [0.25, 0.3) is 0 Å². The molecule has 1 aromatic carbocycles. The molecule has 0 bridgehead atoms. The molecule has 1 heterocycles. The highest BCUT2D eigenvalue weighted by Crippen LogP contribution is 2.31. The van der Waals surface area contributed by atoms with E-state index in [1.807, 2.05) is 24.3 Å². The maximum Gasteiger partial charge on any atom is 0.240 e. The Labute approximate surface area is 132 Å². The van der Waals surface area contributed by atoms with Crippen molar-refractivity contribution in [2.75, 3.05) is 12.3 Å². The van der Waals surface area contributed by atoms with Crippen molar-refractivity contribution in [3.63, 3.8) is 0 Å². The Kier molecular flexibility index (Phi) is 4.29. The van der Waals surface area contributed by atoms with Crippen molar-refractivity contribution in [3.05, 3.63) is 46.4 Å². The third-order valence-electron chi connectivity index (χ3n) is 3.35. The Hall–Kier alpha value is -1.75. The summed E-state index contributed by atoms with van der Waals surface area (Å²) in [7, 11) is 0. The number of nitrogens with two attached hydrogens (primary N) is 1. The zero-order valence-electron chi connectivity index (χ0n) is 11.6. The Morgan fingerprint density at radius 2 is 1.95 bits per heavy atom. The first-order valence-corrected chi connectivity index (χ1v) is 7.77. The van der Waals surface area contributed by atoms with Gasteiger partial charge in [-0.1, -0.05) is 34.1 Å². The second kappa shape index (κ2) is 6.35. The van der Waals surface area contributed by atoms with Gasteiger partial charge >= 0.3 is 0 Å². The first kappa shape index (κ1) is 14.2. The van der Waals surface area contributed by atoms with Crippen LogP contribution in [0.3, 0.4) is 0 Å². The molecule has 2 aromatic rings. The van der Waals surface area contributed by atoms with Crippen LogP contribution >= 0.6 is 15.9 Å². The summed E-state index contributed by atoms with van der Waals surface area (Å²) >= 11 is 3.50. The number of nitrogen functional groups attached to an aromatic ring is 1. The van der Waals surface area contributed by atoms with Crippen LogP contribution in [0.1, 0.15) is 18.4 Å². The zero-order chi connectivity index (χ0) is 14.7. The lowest BCUT2D eigenvalue weighted by atomic mass is 10.2. The van der Waals surface area contributed by atoms with Crippen LogP contribution in [-0.2, 0) is 6.61 Å². The monoisotopic (exact) mass is 348 g/mol. The van der Waals surface area contributed by atoms with Crippen molar-refractivity contribution in [3.8, 4) is 11.8 Å². The van der Waals surface area contributed by atoms with E-state index >= 15 is 0 Å². The van der Waals surface area contributed by atoms with Crippen LogP contribution in [0.15, 0.2) is 40.9 Å². The molecule has 1 aliphatic rings. The van der Waals surface area contributed by atoms with E-state index in [0.29, 0.717) is 36.6 Å². The lowest BCUT2D eigenvalue weighted by Gasteiger charge is -2.11. The molecule has 1 fully saturated rings. The van der Waals surface area contributed by atoms with Crippen LogP contribution in [0, 0.1) is 5.92 Å². The summed E-state index contributed by atoms with van der Waals surface area (Å²) in [5.41, 5.74) is 7.49. The summed E-state index contributed by atoms with van der Waals surface area (Å²) in [5.74, 6) is 1.65. The van der Waals surface area contributed by atoms with Gasteiger partial charge in [0.1, 0.15) is 6.61 Å². The largest absolute Gasteiger partial charge is 0.476 e. The van der Waals surface area contributed by atoms with Gasteiger partial charge in [-0.05, 0) is 30.9 Å². The average molecular weight is 349 g/mol. The topological polar surface area (TPSA) is 57.4 Å². The highest BCUT2D eigenvalue weighted by atomic mass is 79.9. The molecule has 3 rings (SSSR count). The number of hydrogen-bond acceptors (Lipinski definition) is 4. The number of ether oxygens (including phenoxy) is 2. The lowest BCUT2D eigenvalue weighted by Crippen LogP contribution is -2.05. The number of pyridine rings is 1. The van der Waals surface area contributed by atoms with Gasteiger partial charge in [-0.3, -0.25) is 0 Å². The summed E-state index contributed by atoms with van der Waals surface area (Å²) in [6, 6.07) is 11.5. The van der Waals surface area contributed by atoms with Crippen molar-refractivity contribution in [2.45, 2.75) is 19.4 Å². The number of hydrogen-bond donors (Lipinski definition) is 1. The summed E-state index contributed by atoms with van der Waals surface area (Å²) in [5, 5.41) is 0. The first-order chi connectivity index (χ1) is 10.2. The van der Waals surface area contributed by atoms with E-state index in [-0.39, 0.29) is 0 Å². The van der Waals surface area contributed by atoms with E-state index in [2.05, 4.69) is 20.9 Å². The van der Waals surface area contributed by atoms with Gasteiger partial charge in [-0.15, -0.1) is 0 Å². The highest BCUT2D eigenvalue weighted by molar-refractivity contribution is 9.10. The Balaban J connectivity index is 1.64. The van der Waals surface area contributed by atoms with Crippen molar-refractivity contribution < 1.29 is 9.47 Å². The number of halogens is 1. The summed E-state index contributed by atoms with van der Waals surface area (Å²) in [6.07, 6.45) is 2.47. The molecule has 0 saturated heterocycles. The van der Waals surface area contributed by atoms with Gasteiger partial charge in [0.05, 0.1) is 12.3 Å². The van der Waals surface area contributed by atoms with Gasteiger partial charge in [-0.25, -0.2) is 0 Å². The third kappa shape index (κ3) is 3.88. The molecule has 110 valence electrons. The van der Waals surface area contributed by atoms with Crippen molar-refractivity contribution in [1.29, 1.82) is 0 Å².